The smallest absolute Gasteiger partial charge is 0.257 e. The van der Waals surface area contributed by atoms with Crippen LogP contribution in [0.4, 0.5) is 11.4 Å². The number of rotatable bonds is 4. The van der Waals surface area contributed by atoms with Crippen molar-refractivity contribution in [3.05, 3.63) is 93.5 Å². The monoisotopic (exact) mass is 422 g/mol. The number of hydrogen-bond donors (Lipinski definition) is 2. The fraction of sp³-hybridized carbons (Fsp3) is 0.0909. The SMILES string of the molecule is Cc1cccc(C(=O)Nc2ccccc2C(=O)Nc2ccc(C)cc2Br)c1. The molecule has 5 heteroatoms. The fourth-order valence-corrected chi connectivity index (χ4v) is 3.27. The Morgan fingerprint density at radius 1 is 0.741 bits per heavy atom. The normalized spacial score (nSPS) is 10.3. The molecule has 0 saturated carbocycles. The second-order valence-corrected chi connectivity index (χ2v) is 7.16. The summed E-state index contributed by atoms with van der Waals surface area (Å²) in [4.78, 5) is 25.3. The number of carbonyl (C=O) groups excluding carboxylic acids is 2. The van der Waals surface area contributed by atoms with Gasteiger partial charge in [0.15, 0.2) is 0 Å². The highest BCUT2D eigenvalue weighted by Gasteiger charge is 2.15. The van der Waals surface area contributed by atoms with Crippen molar-refractivity contribution in [2.24, 2.45) is 0 Å². The summed E-state index contributed by atoms with van der Waals surface area (Å²) in [5, 5.41) is 5.71. The van der Waals surface area contributed by atoms with E-state index in [-0.39, 0.29) is 11.8 Å². The Bertz CT molecular complexity index is 1010. The predicted octanol–water partition coefficient (Wildman–Crippen LogP) is 5.57. The van der Waals surface area contributed by atoms with Crippen molar-refractivity contribution < 1.29 is 9.59 Å². The Labute approximate surface area is 166 Å². The summed E-state index contributed by atoms with van der Waals surface area (Å²) < 4.78 is 0.803. The maximum absolute atomic E-state index is 12.8. The van der Waals surface area contributed by atoms with Crippen LogP contribution in [0.2, 0.25) is 0 Å². The summed E-state index contributed by atoms with van der Waals surface area (Å²) in [6, 6.07) is 19.9. The molecule has 0 aliphatic carbocycles. The first-order chi connectivity index (χ1) is 12.9. The van der Waals surface area contributed by atoms with Crippen LogP contribution in [0.25, 0.3) is 0 Å². The number of aryl methyl sites for hydroxylation is 2. The lowest BCUT2D eigenvalue weighted by molar-refractivity contribution is 0.102. The Kier molecular flexibility index (Phi) is 5.72. The van der Waals surface area contributed by atoms with Gasteiger partial charge >= 0.3 is 0 Å². The number of carbonyl (C=O) groups is 2. The van der Waals surface area contributed by atoms with E-state index in [0.717, 1.165) is 15.6 Å². The molecule has 0 fully saturated rings. The highest BCUT2D eigenvalue weighted by Crippen LogP contribution is 2.25. The quantitative estimate of drug-likeness (QED) is 0.577. The van der Waals surface area contributed by atoms with Crippen LogP contribution in [0.5, 0.6) is 0 Å². The van der Waals surface area contributed by atoms with Gasteiger partial charge in [-0.15, -0.1) is 0 Å². The number of nitrogens with one attached hydrogen (secondary N) is 2. The van der Waals surface area contributed by atoms with E-state index in [0.29, 0.717) is 22.5 Å². The van der Waals surface area contributed by atoms with Gasteiger partial charge in [0.25, 0.3) is 11.8 Å². The van der Waals surface area contributed by atoms with Gasteiger partial charge in [-0.25, -0.2) is 0 Å². The van der Waals surface area contributed by atoms with Crippen LogP contribution >= 0.6 is 15.9 Å². The van der Waals surface area contributed by atoms with Gasteiger partial charge in [0.05, 0.1) is 16.9 Å². The molecular formula is C22H19BrN2O2. The van der Waals surface area contributed by atoms with Gasteiger partial charge in [0.1, 0.15) is 0 Å². The third-order valence-electron chi connectivity index (χ3n) is 4.07. The fourth-order valence-electron chi connectivity index (χ4n) is 2.68. The summed E-state index contributed by atoms with van der Waals surface area (Å²) in [6.07, 6.45) is 0. The Hall–Kier alpha value is -2.92. The van der Waals surface area contributed by atoms with E-state index >= 15 is 0 Å². The zero-order chi connectivity index (χ0) is 19.4. The first-order valence-corrected chi connectivity index (χ1v) is 9.28. The molecule has 27 heavy (non-hydrogen) atoms. The number of para-hydroxylation sites is 1. The first-order valence-electron chi connectivity index (χ1n) is 8.48. The van der Waals surface area contributed by atoms with Crippen molar-refractivity contribution in [3.8, 4) is 0 Å². The second-order valence-electron chi connectivity index (χ2n) is 6.31. The molecule has 3 aromatic carbocycles. The van der Waals surface area contributed by atoms with Gasteiger partial charge in [0, 0.05) is 10.0 Å². The van der Waals surface area contributed by atoms with E-state index in [1.54, 1.807) is 36.4 Å². The van der Waals surface area contributed by atoms with Crippen LogP contribution in [0.15, 0.2) is 71.2 Å². The third kappa shape index (κ3) is 4.63. The van der Waals surface area contributed by atoms with Crippen LogP contribution in [-0.2, 0) is 0 Å². The van der Waals surface area contributed by atoms with E-state index in [9.17, 15) is 9.59 Å². The molecule has 0 aliphatic rings. The van der Waals surface area contributed by atoms with Crippen molar-refractivity contribution in [3.63, 3.8) is 0 Å². The minimum atomic E-state index is -0.292. The summed E-state index contributed by atoms with van der Waals surface area (Å²) in [5.41, 5.74) is 4.16. The number of halogens is 1. The van der Waals surface area contributed by atoms with E-state index in [1.165, 1.54) is 0 Å². The molecule has 0 aliphatic heterocycles. The molecule has 0 bridgehead atoms. The van der Waals surface area contributed by atoms with Crippen LogP contribution in [0, 0.1) is 13.8 Å². The summed E-state index contributed by atoms with van der Waals surface area (Å²) in [5.74, 6) is -0.546. The zero-order valence-corrected chi connectivity index (χ0v) is 16.6. The molecule has 0 saturated heterocycles. The summed E-state index contributed by atoms with van der Waals surface area (Å²) in [6.45, 7) is 3.91. The minimum absolute atomic E-state index is 0.254. The molecule has 4 nitrogen and oxygen atoms in total. The van der Waals surface area contributed by atoms with Gasteiger partial charge < -0.3 is 10.6 Å². The van der Waals surface area contributed by atoms with Crippen LogP contribution in [0.3, 0.4) is 0 Å². The molecule has 0 unspecified atom stereocenters. The van der Waals surface area contributed by atoms with Gasteiger partial charge in [-0.3, -0.25) is 9.59 Å². The third-order valence-corrected chi connectivity index (χ3v) is 4.73. The Morgan fingerprint density at radius 2 is 1.44 bits per heavy atom. The Morgan fingerprint density at radius 3 is 2.19 bits per heavy atom. The van der Waals surface area contributed by atoms with E-state index < -0.39 is 0 Å². The van der Waals surface area contributed by atoms with Crippen LogP contribution in [0.1, 0.15) is 31.8 Å². The number of benzene rings is 3. The number of hydrogen-bond acceptors (Lipinski definition) is 2. The second kappa shape index (κ2) is 8.18. The summed E-state index contributed by atoms with van der Waals surface area (Å²) in [7, 11) is 0. The van der Waals surface area contributed by atoms with E-state index in [4.69, 9.17) is 0 Å². The molecule has 2 amide bonds. The molecule has 136 valence electrons. The van der Waals surface area contributed by atoms with Crippen molar-refractivity contribution in [1.29, 1.82) is 0 Å². The molecular weight excluding hydrogens is 404 g/mol. The zero-order valence-electron chi connectivity index (χ0n) is 15.0. The van der Waals surface area contributed by atoms with Crippen molar-refractivity contribution in [2.45, 2.75) is 13.8 Å². The minimum Gasteiger partial charge on any atom is -0.321 e. The van der Waals surface area contributed by atoms with Crippen LogP contribution in [-0.4, -0.2) is 11.8 Å². The van der Waals surface area contributed by atoms with Gasteiger partial charge in [-0.05, 0) is 71.7 Å². The first kappa shape index (κ1) is 18.9. The molecule has 0 atom stereocenters. The highest BCUT2D eigenvalue weighted by molar-refractivity contribution is 9.10. The lowest BCUT2D eigenvalue weighted by atomic mass is 10.1. The highest BCUT2D eigenvalue weighted by atomic mass is 79.9. The number of amides is 2. The molecule has 0 radical (unpaired) electrons. The molecule has 3 aromatic rings. The maximum Gasteiger partial charge on any atom is 0.257 e. The van der Waals surface area contributed by atoms with Crippen molar-refractivity contribution in [1.82, 2.24) is 0 Å². The Balaban J connectivity index is 1.83. The summed E-state index contributed by atoms with van der Waals surface area (Å²) >= 11 is 3.46. The van der Waals surface area contributed by atoms with Gasteiger partial charge in [0.2, 0.25) is 0 Å². The largest absolute Gasteiger partial charge is 0.321 e. The van der Waals surface area contributed by atoms with Gasteiger partial charge in [-0.2, -0.15) is 0 Å². The van der Waals surface area contributed by atoms with Crippen molar-refractivity contribution in [2.75, 3.05) is 10.6 Å². The average Bonchev–Trinajstić information content (AvgIpc) is 2.64. The molecule has 0 spiro atoms. The molecule has 3 rings (SSSR count). The standard InChI is InChI=1S/C22H19BrN2O2/c1-14-6-5-7-16(12-14)21(26)24-19-9-4-3-8-17(19)22(27)25-20-11-10-15(2)13-18(20)23/h3-13H,1-2H3,(H,24,26)(H,25,27). The number of anilines is 2. The predicted molar refractivity (Wildman–Crippen MR) is 112 cm³/mol. The maximum atomic E-state index is 12.8. The lowest BCUT2D eigenvalue weighted by Crippen LogP contribution is -2.18. The molecule has 2 N–H and O–H groups in total. The van der Waals surface area contributed by atoms with E-state index in [2.05, 4.69) is 26.6 Å². The molecule has 0 heterocycles. The topological polar surface area (TPSA) is 58.2 Å². The average molecular weight is 423 g/mol. The lowest BCUT2D eigenvalue weighted by Gasteiger charge is -2.13. The van der Waals surface area contributed by atoms with Crippen LogP contribution < -0.4 is 10.6 Å². The van der Waals surface area contributed by atoms with Crippen molar-refractivity contribution >= 4 is 39.1 Å². The van der Waals surface area contributed by atoms with Gasteiger partial charge in [-0.1, -0.05) is 35.9 Å². The molecule has 0 aromatic heterocycles. The van der Waals surface area contributed by atoms with E-state index in [1.807, 2.05) is 44.2 Å².